The minimum absolute atomic E-state index is 0.0347. The van der Waals surface area contributed by atoms with E-state index in [9.17, 15) is 9.90 Å². The summed E-state index contributed by atoms with van der Waals surface area (Å²) >= 11 is 0. The molecular formula is C28H22N4O3. The number of nitrogen functional groups attached to an aromatic ring is 1. The zero-order valence-electron chi connectivity index (χ0n) is 18.6. The number of para-hydroxylation sites is 4. The van der Waals surface area contributed by atoms with Crippen LogP contribution in [0.25, 0.3) is 0 Å². The van der Waals surface area contributed by atoms with Gasteiger partial charge in [-0.3, -0.25) is 9.79 Å². The average Bonchev–Trinajstić information content (AvgIpc) is 2.90. The zero-order valence-corrected chi connectivity index (χ0v) is 18.6. The number of phenols is 2. The van der Waals surface area contributed by atoms with Gasteiger partial charge in [-0.1, -0.05) is 48.5 Å². The highest BCUT2D eigenvalue weighted by molar-refractivity contribution is 5.85. The molecule has 35 heavy (non-hydrogen) atoms. The number of benzene rings is 4. The number of hydrogen-bond donors (Lipinski definition) is 3. The lowest BCUT2D eigenvalue weighted by molar-refractivity contribution is 0.112. The fraction of sp³-hybridized carbons (Fsp3) is 0. The van der Waals surface area contributed by atoms with Crippen molar-refractivity contribution in [3.8, 4) is 23.6 Å². The third-order valence-electron chi connectivity index (χ3n) is 4.45. The largest absolute Gasteiger partial charge is 0.507 e. The third-order valence-corrected chi connectivity index (χ3v) is 4.45. The smallest absolute Gasteiger partial charge is 0.153 e. The van der Waals surface area contributed by atoms with Gasteiger partial charge in [0.15, 0.2) is 6.29 Å². The number of hydrogen-bond acceptors (Lipinski definition) is 7. The number of carbonyl (C=O) groups is 1. The first-order valence-electron chi connectivity index (χ1n) is 10.3. The van der Waals surface area contributed by atoms with Crippen LogP contribution in [0.3, 0.4) is 0 Å². The Morgan fingerprint density at radius 3 is 1.66 bits per heavy atom. The molecule has 4 rings (SSSR count). The Kier molecular flexibility index (Phi) is 10.3. The fourth-order valence-corrected chi connectivity index (χ4v) is 2.60. The Bertz CT molecular complexity index is 1390. The molecular weight excluding hydrogens is 440 g/mol. The zero-order chi connectivity index (χ0) is 25.5. The first-order chi connectivity index (χ1) is 17.0. The maximum Gasteiger partial charge on any atom is 0.153 e. The predicted octanol–water partition coefficient (Wildman–Crippen LogP) is 5.36. The average molecular weight is 463 g/mol. The summed E-state index contributed by atoms with van der Waals surface area (Å²) in [6.07, 6.45) is 2.17. The first-order valence-corrected chi connectivity index (χ1v) is 10.3. The molecule has 7 heteroatoms. The van der Waals surface area contributed by atoms with E-state index in [2.05, 4.69) is 11.1 Å². The Morgan fingerprint density at radius 2 is 1.17 bits per heavy atom. The lowest BCUT2D eigenvalue weighted by Gasteiger charge is -1.98. The normalized spacial score (nSPS) is 9.43. The van der Waals surface area contributed by atoms with E-state index in [0.29, 0.717) is 39.9 Å². The maximum absolute atomic E-state index is 10.1. The number of aliphatic imine (C=N–C) groups is 1. The summed E-state index contributed by atoms with van der Waals surface area (Å²) in [6, 6.07) is 31.4. The van der Waals surface area contributed by atoms with Crippen molar-refractivity contribution in [2.24, 2.45) is 4.99 Å². The van der Waals surface area contributed by atoms with Gasteiger partial charge in [0.1, 0.15) is 23.6 Å². The highest BCUT2D eigenvalue weighted by Gasteiger charge is 1.99. The number of nitrogens with two attached hydrogens (primary N) is 1. The van der Waals surface area contributed by atoms with E-state index in [1.807, 2.05) is 18.2 Å². The van der Waals surface area contributed by atoms with Gasteiger partial charge in [0.25, 0.3) is 0 Å². The SMILES string of the molecule is N#Cc1ccccc1N.N#Cc1ccccc1N=Cc1ccccc1O.O=Cc1ccccc1O. The molecule has 0 aliphatic rings. The monoisotopic (exact) mass is 462 g/mol. The van der Waals surface area contributed by atoms with Gasteiger partial charge in [-0.15, -0.1) is 0 Å². The number of aromatic hydroxyl groups is 2. The lowest BCUT2D eigenvalue weighted by Crippen LogP contribution is -1.87. The van der Waals surface area contributed by atoms with Crippen molar-refractivity contribution >= 4 is 23.9 Å². The van der Waals surface area contributed by atoms with Crippen LogP contribution in [0.2, 0.25) is 0 Å². The summed E-state index contributed by atoms with van der Waals surface area (Å²) in [4.78, 5) is 14.3. The minimum Gasteiger partial charge on any atom is -0.507 e. The van der Waals surface area contributed by atoms with Gasteiger partial charge >= 0.3 is 0 Å². The molecule has 0 heterocycles. The fourth-order valence-electron chi connectivity index (χ4n) is 2.60. The standard InChI is InChI=1S/C14H10N2O.C7H6N2.C7H6O2/c15-9-11-5-1-3-7-13(11)16-10-12-6-2-4-8-14(12)17;2*8-5-6-3-1-2-4-7(6)9/h1-8,10,17H;1-4H,9H2;1-5,9H. The number of nitriles is 2. The second-order valence-corrected chi connectivity index (χ2v) is 6.82. The number of carbonyl (C=O) groups excluding carboxylic acids is 1. The molecule has 0 fully saturated rings. The number of rotatable bonds is 3. The van der Waals surface area contributed by atoms with Crippen LogP contribution < -0.4 is 5.73 Å². The number of nitrogens with zero attached hydrogens (tertiary/aromatic N) is 3. The van der Waals surface area contributed by atoms with Crippen LogP contribution in [0.1, 0.15) is 27.0 Å². The van der Waals surface area contributed by atoms with Gasteiger partial charge in [0.2, 0.25) is 0 Å². The molecule has 0 spiro atoms. The van der Waals surface area contributed by atoms with Crippen molar-refractivity contribution in [2.75, 3.05) is 5.73 Å². The first kappa shape index (κ1) is 25.9. The lowest BCUT2D eigenvalue weighted by atomic mass is 10.2. The Labute approximate surface area is 203 Å². The highest BCUT2D eigenvalue weighted by Crippen LogP contribution is 2.19. The van der Waals surface area contributed by atoms with Crippen molar-refractivity contribution < 1.29 is 15.0 Å². The van der Waals surface area contributed by atoms with Crippen LogP contribution in [-0.4, -0.2) is 22.7 Å². The van der Waals surface area contributed by atoms with Crippen LogP contribution in [0.4, 0.5) is 11.4 Å². The van der Waals surface area contributed by atoms with Crippen molar-refractivity contribution in [3.63, 3.8) is 0 Å². The van der Waals surface area contributed by atoms with E-state index in [4.69, 9.17) is 21.4 Å². The van der Waals surface area contributed by atoms with Gasteiger partial charge < -0.3 is 15.9 Å². The Balaban J connectivity index is 0.000000203. The van der Waals surface area contributed by atoms with E-state index in [1.54, 1.807) is 85.1 Å². The second kappa shape index (κ2) is 13.9. The molecule has 0 amide bonds. The van der Waals surface area contributed by atoms with Crippen LogP contribution in [0, 0.1) is 22.7 Å². The number of aldehydes is 1. The highest BCUT2D eigenvalue weighted by atomic mass is 16.3. The van der Waals surface area contributed by atoms with Crippen molar-refractivity contribution in [1.29, 1.82) is 10.5 Å². The molecule has 0 aromatic heterocycles. The summed E-state index contributed by atoms with van der Waals surface area (Å²) in [6.45, 7) is 0. The molecule has 0 aliphatic heterocycles. The van der Waals surface area contributed by atoms with Crippen molar-refractivity contribution in [3.05, 3.63) is 119 Å². The molecule has 0 saturated carbocycles. The van der Waals surface area contributed by atoms with Crippen molar-refractivity contribution in [2.45, 2.75) is 0 Å². The molecule has 0 saturated heterocycles. The van der Waals surface area contributed by atoms with E-state index in [0.717, 1.165) is 0 Å². The van der Waals surface area contributed by atoms with E-state index in [1.165, 1.54) is 6.07 Å². The summed E-state index contributed by atoms with van der Waals surface area (Å²) < 4.78 is 0. The maximum atomic E-state index is 10.1. The van der Waals surface area contributed by atoms with Crippen molar-refractivity contribution in [1.82, 2.24) is 0 Å². The van der Waals surface area contributed by atoms with Gasteiger partial charge in [0.05, 0.1) is 22.4 Å². The number of anilines is 1. The molecule has 4 aromatic rings. The van der Waals surface area contributed by atoms with E-state index in [-0.39, 0.29) is 11.5 Å². The molecule has 0 bridgehead atoms. The van der Waals surface area contributed by atoms with Gasteiger partial charge in [-0.05, 0) is 48.5 Å². The molecule has 0 unspecified atom stereocenters. The molecule has 7 nitrogen and oxygen atoms in total. The summed E-state index contributed by atoms with van der Waals surface area (Å²) in [5.74, 6) is 0.207. The third kappa shape index (κ3) is 8.23. The van der Waals surface area contributed by atoms with Gasteiger partial charge in [-0.25, -0.2) is 0 Å². The summed E-state index contributed by atoms with van der Waals surface area (Å²) in [7, 11) is 0. The van der Waals surface area contributed by atoms with Crippen LogP contribution in [-0.2, 0) is 0 Å². The molecule has 0 radical (unpaired) electrons. The Morgan fingerprint density at radius 1 is 0.686 bits per heavy atom. The molecule has 4 aromatic carbocycles. The van der Waals surface area contributed by atoms with Gasteiger partial charge in [-0.2, -0.15) is 10.5 Å². The van der Waals surface area contributed by atoms with Crippen LogP contribution >= 0.6 is 0 Å². The van der Waals surface area contributed by atoms with Crippen LogP contribution in [0.5, 0.6) is 11.5 Å². The topological polar surface area (TPSA) is 143 Å². The molecule has 172 valence electrons. The quantitative estimate of drug-likeness (QED) is 0.212. The molecule has 4 N–H and O–H groups in total. The summed E-state index contributed by atoms with van der Waals surface area (Å²) in [5.41, 5.74) is 8.55. The van der Waals surface area contributed by atoms with E-state index >= 15 is 0 Å². The number of phenolic OH excluding ortho intramolecular Hbond substituents is 2. The second-order valence-electron chi connectivity index (χ2n) is 6.82. The Hall–Kier alpha value is -5.40. The molecule has 0 aliphatic carbocycles. The predicted molar refractivity (Wildman–Crippen MR) is 136 cm³/mol. The summed E-state index contributed by atoms with van der Waals surface area (Å²) in [5, 5.41) is 35.7. The minimum atomic E-state index is 0.0347. The van der Waals surface area contributed by atoms with Gasteiger partial charge in [0, 0.05) is 17.5 Å². The van der Waals surface area contributed by atoms with Crippen LogP contribution in [0.15, 0.2) is 102 Å². The van der Waals surface area contributed by atoms with E-state index < -0.39 is 0 Å². The molecule has 0 atom stereocenters.